The minimum atomic E-state index is -5.08. The number of alkyl halides is 3. The molecule has 1 aliphatic rings. The van der Waals surface area contributed by atoms with Crippen molar-refractivity contribution in [3.63, 3.8) is 0 Å². The van der Waals surface area contributed by atoms with Gasteiger partial charge in [0, 0.05) is 6.54 Å². The number of ether oxygens (including phenoxy) is 1. The molecule has 4 amide bonds. The molecule has 1 aliphatic heterocycles. The van der Waals surface area contributed by atoms with E-state index in [1.807, 2.05) is 30.3 Å². The van der Waals surface area contributed by atoms with Gasteiger partial charge in [0.1, 0.15) is 12.6 Å². The molecular formula is C20H25F3N4O7. The Labute approximate surface area is 192 Å². The minimum Gasteiger partial charge on any atom is -0.475 e. The molecule has 2 atom stereocenters. The third-order valence-electron chi connectivity index (χ3n) is 4.29. The summed E-state index contributed by atoms with van der Waals surface area (Å²) in [6, 6.07) is 7.72. The Morgan fingerprint density at radius 3 is 2.32 bits per heavy atom. The summed E-state index contributed by atoms with van der Waals surface area (Å²) < 4.78 is 36.8. The molecule has 1 saturated heterocycles. The number of rotatable bonds is 9. The highest BCUT2D eigenvalue weighted by Gasteiger charge is 2.38. The summed E-state index contributed by atoms with van der Waals surface area (Å²) >= 11 is 0. The number of nitrogens with one attached hydrogen (secondary N) is 3. The number of unbranched alkanes of at least 4 members (excludes halogenated alkanes) is 1. The van der Waals surface area contributed by atoms with Crippen LogP contribution in [0, 0.1) is 0 Å². The molecule has 1 fully saturated rings. The number of alkyl carbamates (subject to hydrolysis) is 1. The average Bonchev–Trinajstić information content (AvgIpc) is 3.08. The number of hydrogen-bond donors (Lipinski definition) is 5. The number of carbonyl (C=O) groups is 5. The fourth-order valence-corrected chi connectivity index (χ4v) is 2.53. The molecule has 6 N–H and O–H groups in total. The average molecular weight is 490 g/mol. The molecule has 0 spiro atoms. The molecule has 0 bridgehead atoms. The van der Waals surface area contributed by atoms with Crippen molar-refractivity contribution in [1.29, 1.82) is 0 Å². The number of carboxylic acid groups (broad SMARTS) is 1. The lowest BCUT2D eigenvalue weighted by molar-refractivity contribution is -0.192. The fourth-order valence-electron chi connectivity index (χ4n) is 2.53. The molecule has 2 rings (SSSR count). The van der Waals surface area contributed by atoms with Gasteiger partial charge in [0.25, 0.3) is 0 Å². The van der Waals surface area contributed by atoms with Crippen LogP contribution in [0.25, 0.3) is 0 Å². The van der Waals surface area contributed by atoms with Gasteiger partial charge in [-0.1, -0.05) is 30.3 Å². The summed E-state index contributed by atoms with van der Waals surface area (Å²) in [7, 11) is 0. The molecule has 14 heteroatoms. The second-order valence-corrected chi connectivity index (χ2v) is 7.07. The molecule has 0 aliphatic carbocycles. The van der Waals surface area contributed by atoms with E-state index in [-0.39, 0.29) is 13.0 Å². The second kappa shape index (κ2) is 13.8. The molecule has 1 heterocycles. The van der Waals surface area contributed by atoms with E-state index in [1.54, 1.807) is 0 Å². The van der Waals surface area contributed by atoms with E-state index in [2.05, 4.69) is 16.0 Å². The smallest absolute Gasteiger partial charge is 0.475 e. The van der Waals surface area contributed by atoms with Gasteiger partial charge in [0.15, 0.2) is 0 Å². The Hall–Kier alpha value is -3.68. The van der Waals surface area contributed by atoms with E-state index in [0.717, 1.165) is 5.56 Å². The molecule has 11 nitrogen and oxygen atoms in total. The van der Waals surface area contributed by atoms with Crippen LogP contribution in [-0.2, 0) is 30.5 Å². The molecular weight excluding hydrogens is 465 g/mol. The SMILES string of the molecule is N[C@H](CCCCNC(=O)OCc1ccccc1)C(=O)NC1CC(=O)NC1=O.O=C(O)C(F)(F)F. The van der Waals surface area contributed by atoms with Gasteiger partial charge < -0.3 is 26.2 Å². The van der Waals surface area contributed by atoms with Crippen LogP contribution in [0.1, 0.15) is 31.2 Å². The largest absolute Gasteiger partial charge is 0.490 e. The van der Waals surface area contributed by atoms with E-state index in [9.17, 15) is 32.3 Å². The van der Waals surface area contributed by atoms with Gasteiger partial charge in [-0.3, -0.25) is 19.7 Å². The monoisotopic (exact) mass is 490 g/mol. The Kier molecular flexibility index (Phi) is 11.5. The minimum absolute atomic E-state index is 0.0632. The number of carboxylic acids is 1. The predicted molar refractivity (Wildman–Crippen MR) is 110 cm³/mol. The lowest BCUT2D eigenvalue weighted by Crippen LogP contribution is -2.47. The lowest BCUT2D eigenvalue weighted by atomic mass is 10.1. The molecule has 34 heavy (non-hydrogen) atoms. The zero-order valence-corrected chi connectivity index (χ0v) is 17.9. The molecule has 0 radical (unpaired) electrons. The highest BCUT2D eigenvalue weighted by molar-refractivity contribution is 6.07. The van der Waals surface area contributed by atoms with Crippen molar-refractivity contribution in [3.05, 3.63) is 35.9 Å². The van der Waals surface area contributed by atoms with Crippen molar-refractivity contribution in [2.45, 2.75) is 50.6 Å². The van der Waals surface area contributed by atoms with Gasteiger partial charge in [-0.15, -0.1) is 0 Å². The van der Waals surface area contributed by atoms with E-state index in [1.165, 1.54) is 0 Å². The molecule has 0 saturated carbocycles. The number of imide groups is 1. The zero-order valence-electron chi connectivity index (χ0n) is 17.9. The zero-order chi connectivity index (χ0) is 25.7. The maximum Gasteiger partial charge on any atom is 0.490 e. The maximum atomic E-state index is 11.9. The fraction of sp³-hybridized carbons (Fsp3) is 0.450. The topological polar surface area (TPSA) is 177 Å². The number of carbonyl (C=O) groups excluding carboxylic acids is 4. The summed E-state index contributed by atoms with van der Waals surface area (Å²) in [6.07, 6.45) is -4.01. The first-order valence-corrected chi connectivity index (χ1v) is 10.0. The van der Waals surface area contributed by atoms with Gasteiger partial charge in [-0.2, -0.15) is 13.2 Å². The quantitative estimate of drug-likeness (QED) is 0.246. The number of amides is 4. The van der Waals surface area contributed by atoms with Gasteiger partial charge in [0.2, 0.25) is 17.7 Å². The predicted octanol–water partition coefficient (Wildman–Crippen LogP) is 0.575. The van der Waals surface area contributed by atoms with Gasteiger partial charge in [-0.05, 0) is 24.8 Å². The first-order valence-electron chi connectivity index (χ1n) is 10.0. The van der Waals surface area contributed by atoms with Crippen LogP contribution in [0.5, 0.6) is 0 Å². The van der Waals surface area contributed by atoms with E-state index >= 15 is 0 Å². The Morgan fingerprint density at radius 1 is 1.18 bits per heavy atom. The van der Waals surface area contributed by atoms with Gasteiger partial charge in [-0.25, -0.2) is 9.59 Å². The van der Waals surface area contributed by atoms with Crippen molar-refractivity contribution < 1.29 is 47.0 Å². The van der Waals surface area contributed by atoms with E-state index < -0.39 is 48.0 Å². The lowest BCUT2D eigenvalue weighted by Gasteiger charge is -2.14. The van der Waals surface area contributed by atoms with Crippen LogP contribution in [-0.4, -0.2) is 59.7 Å². The van der Waals surface area contributed by atoms with Crippen LogP contribution >= 0.6 is 0 Å². The van der Waals surface area contributed by atoms with Gasteiger partial charge in [0.05, 0.1) is 12.5 Å². The summed E-state index contributed by atoms with van der Waals surface area (Å²) in [5, 5.41) is 14.3. The van der Waals surface area contributed by atoms with Crippen molar-refractivity contribution in [2.75, 3.05) is 6.54 Å². The molecule has 1 aromatic carbocycles. The van der Waals surface area contributed by atoms with Crippen molar-refractivity contribution in [1.82, 2.24) is 16.0 Å². The number of benzene rings is 1. The Balaban J connectivity index is 0.000000718. The highest BCUT2D eigenvalue weighted by atomic mass is 19.4. The summed E-state index contributed by atoms with van der Waals surface area (Å²) in [5.74, 6) is -4.16. The Morgan fingerprint density at radius 2 is 1.79 bits per heavy atom. The molecule has 0 aromatic heterocycles. The molecule has 1 unspecified atom stereocenters. The summed E-state index contributed by atoms with van der Waals surface area (Å²) in [5.41, 5.74) is 6.69. The highest BCUT2D eigenvalue weighted by Crippen LogP contribution is 2.13. The third-order valence-corrected chi connectivity index (χ3v) is 4.29. The van der Waals surface area contributed by atoms with Crippen molar-refractivity contribution >= 4 is 29.8 Å². The van der Waals surface area contributed by atoms with Crippen LogP contribution in [0.3, 0.4) is 0 Å². The van der Waals surface area contributed by atoms with Gasteiger partial charge >= 0.3 is 18.2 Å². The second-order valence-electron chi connectivity index (χ2n) is 7.07. The van der Waals surface area contributed by atoms with Crippen LogP contribution < -0.4 is 21.7 Å². The van der Waals surface area contributed by atoms with Crippen LogP contribution in [0.15, 0.2) is 30.3 Å². The first kappa shape index (κ1) is 28.4. The molecule has 1 aromatic rings. The maximum absolute atomic E-state index is 11.9. The standard InChI is InChI=1S/C18H24N4O5.C2HF3O2/c19-13(16(24)21-14-10-15(23)22-17(14)25)8-4-5-9-20-18(26)27-11-12-6-2-1-3-7-12;3-2(4,5)1(6)7/h1-3,6-7,13-14H,4-5,8-11,19H2,(H,20,26)(H,21,24)(H,22,23,25);(H,6,7)/t13-,14?;/m1./s1. The van der Waals surface area contributed by atoms with E-state index in [0.29, 0.717) is 25.8 Å². The summed E-state index contributed by atoms with van der Waals surface area (Å²) in [6.45, 7) is 0.608. The van der Waals surface area contributed by atoms with Crippen molar-refractivity contribution in [2.24, 2.45) is 5.73 Å². The van der Waals surface area contributed by atoms with Crippen LogP contribution in [0.2, 0.25) is 0 Å². The first-order chi connectivity index (χ1) is 15.9. The normalized spacial score (nSPS) is 15.9. The number of halogens is 3. The molecule has 188 valence electrons. The summed E-state index contributed by atoms with van der Waals surface area (Å²) in [4.78, 5) is 54.9. The number of nitrogens with two attached hydrogens (primary N) is 1. The Bertz CT molecular complexity index is 865. The van der Waals surface area contributed by atoms with Crippen LogP contribution in [0.4, 0.5) is 18.0 Å². The van der Waals surface area contributed by atoms with Crippen molar-refractivity contribution in [3.8, 4) is 0 Å². The third kappa shape index (κ3) is 11.3. The van der Waals surface area contributed by atoms with E-state index in [4.69, 9.17) is 20.4 Å². The number of aliphatic carboxylic acids is 1. The number of hydrogen-bond acceptors (Lipinski definition) is 7.